The van der Waals surface area contributed by atoms with Crippen molar-refractivity contribution < 1.29 is 0 Å². The Bertz CT molecular complexity index is 73.9. The predicted molar refractivity (Wildman–Crippen MR) is 54.4 cm³/mol. The van der Waals surface area contributed by atoms with Gasteiger partial charge in [0.25, 0.3) is 0 Å². The highest BCUT2D eigenvalue weighted by Gasteiger charge is 2.00. The van der Waals surface area contributed by atoms with E-state index in [1.54, 1.807) is 6.54 Å². The zero-order valence-corrected chi connectivity index (χ0v) is 8.26. The lowest BCUT2D eigenvalue weighted by Gasteiger charge is -2.09. The summed E-state index contributed by atoms with van der Waals surface area (Å²) in [6.45, 7) is 4.91. The summed E-state index contributed by atoms with van der Waals surface area (Å²) < 4.78 is 0. The molecule has 0 aromatic heterocycles. The molecule has 0 saturated carbocycles. The van der Waals surface area contributed by atoms with Gasteiger partial charge in [0.15, 0.2) is 0 Å². The van der Waals surface area contributed by atoms with Gasteiger partial charge in [-0.1, -0.05) is 32.6 Å². The topological polar surface area (TPSA) is 52.0 Å². The molecule has 0 aliphatic heterocycles. The number of hydrogen-bond acceptors (Lipinski definition) is 2. The highest BCUT2D eigenvalue weighted by Crippen LogP contribution is 2.14. The largest absolute Gasteiger partial charge is 0.330 e. The van der Waals surface area contributed by atoms with Gasteiger partial charge in [0.05, 0.1) is 0 Å². The molecule has 0 aromatic carbocycles. The molecule has 2 nitrogen and oxygen atoms in total. The number of unbranched alkanes of at least 4 members (excludes halogenated alkanes) is 2. The first-order valence-electron chi connectivity index (χ1n) is 5.04. The molecule has 73 valence electrons. The summed E-state index contributed by atoms with van der Waals surface area (Å²) in [5.74, 6) is 0.844. The Morgan fingerprint density at radius 3 is 2.42 bits per heavy atom. The molecule has 12 heavy (non-hydrogen) atoms. The average molecular weight is 171 g/mol. The van der Waals surface area contributed by atoms with Crippen LogP contribution in [0.15, 0.2) is 0 Å². The van der Waals surface area contributed by atoms with Gasteiger partial charge in [-0.05, 0) is 25.3 Å². The van der Waals surface area contributed by atoms with Crippen molar-refractivity contribution in [1.82, 2.24) is 0 Å². The van der Waals surface area contributed by atoms with E-state index in [0.717, 1.165) is 18.9 Å². The van der Waals surface area contributed by atoms with Crippen molar-refractivity contribution in [2.24, 2.45) is 17.4 Å². The summed E-state index contributed by atoms with van der Waals surface area (Å²) >= 11 is 0. The summed E-state index contributed by atoms with van der Waals surface area (Å²) in [7, 11) is 0. The molecule has 4 N–H and O–H groups in total. The van der Waals surface area contributed by atoms with Crippen LogP contribution in [0.3, 0.4) is 0 Å². The zero-order valence-electron chi connectivity index (χ0n) is 8.26. The maximum atomic E-state index is 5.41. The molecule has 0 aliphatic carbocycles. The molecular formula is C10H23N2. The molecule has 0 heterocycles. The highest BCUT2D eigenvalue weighted by atomic mass is 14.5. The van der Waals surface area contributed by atoms with Crippen molar-refractivity contribution in [1.29, 1.82) is 0 Å². The average Bonchev–Trinajstić information content (AvgIpc) is 2.06. The second kappa shape index (κ2) is 9.01. The van der Waals surface area contributed by atoms with Crippen molar-refractivity contribution in [2.75, 3.05) is 6.54 Å². The molecular weight excluding hydrogens is 148 g/mol. The first-order chi connectivity index (χ1) is 5.81. The first kappa shape index (κ1) is 11.9. The van der Waals surface area contributed by atoms with Gasteiger partial charge in [-0.25, -0.2) is 0 Å². The second-order valence-corrected chi connectivity index (χ2v) is 3.56. The van der Waals surface area contributed by atoms with Gasteiger partial charge < -0.3 is 11.5 Å². The molecule has 1 unspecified atom stereocenters. The second-order valence-electron chi connectivity index (χ2n) is 3.56. The van der Waals surface area contributed by atoms with Gasteiger partial charge >= 0.3 is 0 Å². The SMILES string of the molecule is CC(CCC[CH]N)CCCCN. The van der Waals surface area contributed by atoms with Crippen LogP contribution in [0, 0.1) is 12.5 Å². The van der Waals surface area contributed by atoms with Crippen LogP contribution in [0.4, 0.5) is 0 Å². The molecule has 0 aliphatic rings. The molecule has 0 saturated heterocycles. The Morgan fingerprint density at radius 2 is 1.83 bits per heavy atom. The maximum Gasteiger partial charge on any atom is 0.0192 e. The van der Waals surface area contributed by atoms with Crippen molar-refractivity contribution in [3.05, 3.63) is 6.54 Å². The summed E-state index contributed by atoms with van der Waals surface area (Å²) in [4.78, 5) is 0. The van der Waals surface area contributed by atoms with Crippen LogP contribution in [0.2, 0.25) is 0 Å². The van der Waals surface area contributed by atoms with E-state index in [0.29, 0.717) is 0 Å². The quantitative estimate of drug-likeness (QED) is 0.549. The number of hydrogen-bond donors (Lipinski definition) is 2. The molecule has 1 atom stereocenters. The molecule has 2 heteroatoms. The van der Waals surface area contributed by atoms with Gasteiger partial charge in [0.2, 0.25) is 0 Å². The fourth-order valence-electron chi connectivity index (χ4n) is 1.37. The van der Waals surface area contributed by atoms with Gasteiger partial charge in [0, 0.05) is 6.54 Å². The Hall–Kier alpha value is -0.0800. The third-order valence-corrected chi connectivity index (χ3v) is 2.22. The molecule has 0 amide bonds. The minimum Gasteiger partial charge on any atom is -0.330 e. The van der Waals surface area contributed by atoms with Crippen LogP contribution < -0.4 is 11.5 Å². The zero-order chi connectivity index (χ0) is 9.23. The van der Waals surface area contributed by atoms with Gasteiger partial charge in [-0.3, -0.25) is 0 Å². The Kier molecular flexibility index (Phi) is 8.95. The molecule has 1 radical (unpaired) electrons. The van der Waals surface area contributed by atoms with Crippen LogP contribution in [0.25, 0.3) is 0 Å². The predicted octanol–water partition coefficient (Wildman–Crippen LogP) is 2.04. The van der Waals surface area contributed by atoms with E-state index >= 15 is 0 Å². The standard InChI is InChI=1S/C10H23N2/c1-10(6-2-4-8-11)7-3-5-9-12/h8,10H,2-7,9,11-12H2,1H3. The molecule has 0 fully saturated rings. The van der Waals surface area contributed by atoms with Crippen LogP contribution in [0.1, 0.15) is 45.4 Å². The first-order valence-corrected chi connectivity index (χ1v) is 5.04. The van der Waals surface area contributed by atoms with Crippen LogP contribution in [0.5, 0.6) is 0 Å². The summed E-state index contributed by atoms with van der Waals surface area (Å²) in [6, 6.07) is 0. The maximum absolute atomic E-state index is 5.41. The highest BCUT2D eigenvalue weighted by molar-refractivity contribution is 4.58. The number of nitrogens with two attached hydrogens (primary N) is 2. The van der Waals surface area contributed by atoms with Crippen molar-refractivity contribution in [3.63, 3.8) is 0 Å². The van der Waals surface area contributed by atoms with E-state index < -0.39 is 0 Å². The lowest BCUT2D eigenvalue weighted by Crippen LogP contribution is -2.01. The normalized spacial score (nSPS) is 11.0. The number of rotatable bonds is 8. The minimum absolute atomic E-state index is 0.837. The lowest BCUT2D eigenvalue weighted by molar-refractivity contribution is 0.452. The fourth-order valence-corrected chi connectivity index (χ4v) is 1.37. The minimum atomic E-state index is 0.837. The Balaban J connectivity index is 3.04. The summed E-state index contributed by atoms with van der Waals surface area (Å²) in [5.41, 5.74) is 10.7. The lowest BCUT2D eigenvalue weighted by atomic mass is 9.98. The summed E-state index contributed by atoms with van der Waals surface area (Å²) in [6.07, 6.45) is 7.37. The van der Waals surface area contributed by atoms with E-state index in [-0.39, 0.29) is 0 Å². The van der Waals surface area contributed by atoms with Crippen molar-refractivity contribution in [2.45, 2.75) is 45.4 Å². The Labute approximate surface area is 76.7 Å². The van der Waals surface area contributed by atoms with E-state index in [1.165, 1.54) is 32.1 Å². The molecule has 0 spiro atoms. The molecule has 0 rings (SSSR count). The van der Waals surface area contributed by atoms with E-state index in [4.69, 9.17) is 11.5 Å². The van der Waals surface area contributed by atoms with Crippen LogP contribution in [-0.2, 0) is 0 Å². The van der Waals surface area contributed by atoms with E-state index in [2.05, 4.69) is 6.92 Å². The third-order valence-electron chi connectivity index (χ3n) is 2.22. The molecule has 0 aromatic rings. The Morgan fingerprint density at radius 1 is 1.17 bits per heavy atom. The summed E-state index contributed by atoms with van der Waals surface area (Å²) in [5, 5.41) is 0. The monoisotopic (exact) mass is 171 g/mol. The molecule has 0 bridgehead atoms. The van der Waals surface area contributed by atoms with Gasteiger partial charge in [-0.15, -0.1) is 0 Å². The van der Waals surface area contributed by atoms with Gasteiger partial charge in [-0.2, -0.15) is 0 Å². The van der Waals surface area contributed by atoms with Crippen LogP contribution >= 0.6 is 0 Å². The fraction of sp³-hybridized carbons (Fsp3) is 0.900. The van der Waals surface area contributed by atoms with Crippen molar-refractivity contribution in [3.8, 4) is 0 Å². The van der Waals surface area contributed by atoms with E-state index in [9.17, 15) is 0 Å². The smallest absolute Gasteiger partial charge is 0.0192 e. The van der Waals surface area contributed by atoms with Crippen LogP contribution in [-0.4, -0.2) is 6.54 Å². The third kappa shape index (κ3) is 8.02. The van der Waals surface area contributed by atoms with E-state index in [1.807, 2.05) is 0 Å². The van der Waals surface area contributed by atoms with Crippen molar-refractivity contribution >= 4 is 0 Å². The van der Waals surface area contributed by atoms with Gasteiger partial charge in [0.1, 0.15) is 0 Å².